The topological polar surface area (TPSA) is 23.5 Å². The summed E-state index contributed by atoms with van der Waals surface area (Å²) in [7, 11) is 0. The predicted molar refractivity (Wildman–Crippen MR) is 103 cm³/mol. The van der Waals surface area contributed by atoms with Crippen LogP contribution >= 0.6 is 22.6 Å². The Balaban J connectivity index is 1.46. The summed E-state index contributed by atoms with van der Waals surface area (Å²) in [6.45, 7) is 3.11. The third kappa shape index (κ3) is 4.77. The van der Waals surface area contributed by atoms with E-state index in [9.17, 15) is 9.50 Å². The molecule has 0 saturated carbocycles. The highest BCUT2D eigenvalue weighted by Crippen LogP contribution is 2.30. The molecule has 0 unspecified atom stereocenters. The highest BCUT2D eigenvalue weighted by molar-refractivity contribution is 14.1. The molecule has 1 saturated heterocycles. The maximum absolute atomic E-state index is 13.0. The van der Waals surface area contributed by atoms with Gasteiger partial charge in [-0.1, -0.05) is 24.3 Å². The molecule has 0 amide bonds. The Hall–Kier alpha value is -0.980. The number of aliphatic hydroxyl groups is 1. The molecule has 1 aliphatic rings. The second-order valence-electron chi connectivity index (χ2n) is 6.55. The Bertz CT molecular complexity index is 636. The van der Waals surface area contributed by atoms with E-state index in [0.29, 0.717) is 0 Å². The molecule has 24 heavy (non-hydrogen) atoms. The summed E-state index contributed by atoms with van der Waals surface area (Å²) in [5.41, 5.74) is 2.21. The molecule has 1 heterocycles. The fourth-order valence-electron chi connectivity index (χ4n) is 3.36. The molecule has 3 rings (SSSR count). The Kier molecular flexibility index (Phi) is 6.25. The van der Waals surface area contributed by atoms with Gasteiger partial charge in [-0.2, -0.15) is 0 Å². The van der Waals surface area contributed by atoms with Crippen molar-refractivity contribution in [3.05, 3.63) is 69.0 Å². The van der Waals surface area contributed by atoms with E-state index >= 15 is 0 Å². The SMILES string of the molecule is O[C@H](c1ccc(F)cc1)C1CCN(CCc2ccc(I)cc2)CC1. The van der Waals surface area contributed by atoms with Gasteiger partial charge in [0.25, 0.3) is 0 Å². The van der Waals surface area contributed by atoms with Crippen LogP contribution in [0.5, 0.6) is 0 Å². The van der Waals surface area contributed by atoms with Gasteiger partial charge in [-0.05, 0) is 96.3 Å². The molecular weight excluding hydrogens is 416 g/mol. The molecule has 0 radical (unpaired) electrons. The summed E-state index contributed by atoms with van der Waals surface area (Å²) in [5.74, 6) is 0.0152. The number of rotatable bonds is 5. The Morgan fingerprint density at radius 1 is 1.04 bits per heavy atom. The lowest BCUT2D eigenvalue weighted by molar-refractivity contribution is 0.0592. The molecule has 1 atom stereocenters. The van der Waals surface area contributed by atoms with Gasteiger partial charge in [-0.3, -0.25) is 0 Å². The van der Waals surface area contributed by atoms with E-state index in [0.717, 1.165) is 44.5 Å². The van der Waals surface area contributed by atoms with Crippen molar-refractivity contribution in [1.29, 1.82) is 0 Å². The first-order chi connectivity index (χ1) is 11.6. The number of benzene rings is 2. The highest BCUT2D eigenvalue weighted by Gasteiger charge is 2.26. The summed E-state index contributed by atoms with van der Waals surface area (Å²) < 4.78 is 14.3. The smallest absolute Gasteiger partial charge is 0.123 e. The van der Waals surface area contributed by atoms with Crippen molar-refractivity contribution in [3.8, 4) is 0 Å². The largest absolute Gasteiger partial charge is 0.388 e. The van der Waals surface area contributed by atoms with Crippen LogP contribution in [0.4, 0.5) is 4.39 Å². The molecule has 0 aliphatic carbocycles. The molecule has 4 heteroatoms. The Labute approximate surface area is 156 Å². The zero-order valence-corrected chi connectivity index (χ0v) is 15.8. The lowest BCUT2D eigenvalue weighted by atomic mass is 9.87. The van der Waals surface area contributed by atoms with E-state index in [1.807, 2.05) is 0 Å². The monoisotopic (exact) mass is 439 g/mol. The van der Waals surface area contributed by atoms with Crippen LogP contribution in [-0.2, 0) is 6.42 Å². The summed E-state index contributed by atoms with van der Waals surface area (Å²) >= 11 is 2.33. The van der Waals surface area contributed by atoms with Crippen molar-refractivity contribution < 1.29 is 9.50 Å². The number of likely N-dealkylation sites (tertiary alicyclic amines) is 1. The number of piperidine rings is 1. The molecule has 0 spiro atoms. The standard InChI is InChI=1S/C20H23FINO/c21-18-5-3-16(4-6-18)20(24)17-10-13-23(14-11-17)12-9-15-1-7-19(22)8-2-15/h1-8,17,20,24H,9-14H2/t20-/m1/s1. The Morgan fingerprint density at radius 3 is 2.29 bits per heavy atom. The van der Waals surface area contributed by atoms with Gasteiger partial charge in [-0.15, -0.1) is 0 Å². The number of aliphatic hydroxyl groups excluding tert-OH is 1. The van der Waals surface area contributed by atoms with Crippen molar-refractivity contribution in [1.82, 2.24) is 4.90 Å². The fourth-order valence-corrected chi connectivity index (χ4v) is 3.72. The molecule has 0 bridgehead atoms. The van der Waals surface area contributed by atoms with E-state index in [-0.39, 0.29) is 11.7 Å². The first kappa shape index (κ1) is 17.8. The van der Waals surface area contributed by atoms with Crippen molar-refractivity contribution in [3.63, 3.8) is 0 Å². The van der Waals surface area contributed by atoms with Crippen LogP contribution in [0.2, 0.25) is 0 Å². The lowest BCUT2D eigenvalue weighted by Gasteiger charge is -2.34. The van der Waals surface area contributed by atoms with Gasteiger partial charge in [0.15, 0.2) is 0 Å². The molecule has 1 aliphatic heterocycles. The average molecular weight is 439 g/mol. The van der Waals surface area contributed by atoms with Gasteiger partial charge >= 0.3 is 0 Å². The summed E-state index contributed by atoms with van der Waals surface area (Å²) in [6.07, 6.45) is 2.57. The fraction of sp³-hybridized carbons (Fsp3) is 0.400. The second kappa shape index (κ2) is 8.41. The second-order valence-corrected chi connectivity index (χ2v) is 7.80. The van der Waals surface area contributed by atoms with Crippen LogP contribution in [0, 0.1) is 15.3 Å². The molecule has 2 aromatic rings. The lowest BCUT2D eigenvalue weighted by Crippen LogP contribution is -2.36. The van der Waals surface area contributed by atoms with E-state index in [1.165, 1.54) is 21.3 Å². The normalized spacial score (nSPS) is 17.8. The number of hydrogen-bond acceptors (Lipinski definition) is 2. The summed E-state index contributed by atoms with van der Waals surface area (Å²) in [4.78, 5) is 2.48. The minimum Gasteiger partial charge on any atom is -0.388 e. The van der Waals surface area contributed by atoms with Crippen molar-refractivity contribution in [2.75, 3.05) is 19.6 Å². The zero-order chi connectivity index (χ0) is 16.9. The average Bonchev–Trinajstić information content (AvgIpc) is 2.62. The van der Waals surface area contributed by atoms with Crippen LogP contribution < -0.4 is 0 Å². The van der Waals surface area contributed by atoms with E-state index in [1.54, 1.807) is 12.1 Å². The predicted octanol–water partition coefficient (Wildman–Crippen LogP) is 4.42. The Morgan fingerprint density at radius 2 is 1.67 bits per heavy atom. The quantitative estimate of drug-likeness (QED) is 0.698. The van der Waals surface area contributed by atoms with E-state index in [2.05, 4.69) is 51.8 Å². The van der Waals surface area contributed by atoms with Crippen LogP contribution in [0.3, 0.4) is 0 Å². The van der Waals surface area contributed by atoms with Crippen LogP contribution in [0.25, 0.3) is 0 Å². The number of hydrogen-bond donors (Lipinski definition) is 1. The highest BCUT2D eigenvalue weighted by atomic mass is 127. The van der Waals surface area contributed by atoms with E-state index < -0.39 is 6.10 Å². The third-order valence-corrected chi connectivity index (χ3v) is 5.64. The molecule has 128 valence electrons. The van der Waals surface area contributed by atoms with Gasteiger partial charge in [0, 0.05) is 10.1 Å². The van der Waals surface area contributed by atoms with E-state index in [4.69, 9.17) is 0 Å². The zero-order valence-electron chi connectivity index (χ0n) is 13.7. The maximum atomic E-state index is 13.0. The van der Waals surface area contributed by atoms with Gasteiger partial charge in [0.05, 0.1) is 6.10 Å². The molecular formula is C20H23FINO. The summed E-state index contributed by atoms with van der Waals surface area (Å²) in [5, 5.41) is 10.5. The molecule has 1 fully saturated rings. The van der Waals surface area contributed by atoms with Crippen LogP contribution in [0.1, 0.15) is 30.1 Å². The van der Waals surface area contributed by atoms with Crippen LogP contribution in [0.15, 0.2) is 48.5 Å². The van der Waals surface area contributed by atoms with Gasteiger partial charge in [0.1, 0.15) is 5.82 Å². The third-order valence-electron chi connectivity index (χ3n) is 4.92. The number of nitrogens with zero attached hydrogens (tertiary/aromatic N) is 1. The number of halogens is 2. The minimum absolute atomic E-state index is 0.253. The van der Waals surface area contributed by atoms with Crippen LogP contribution in [-0.4, -0.2) is 29.6 Å². The van der Waals surface area contributed by atoms with Gasteiger partial charge in [-0.25, -0.2) is 4.39 Å². The van der Waals surface area contributed by atoms with Crippen molar-refractivity contribution in [2.45, 2.75) is 25.4 Å². The first-order valence-electron chi connectivity index (χ1n) is 8.52. The van der Waals surface area contributed by atoms with Gasteiger partial charge < -0.3 is 10.0 Å². The maximum Gasteiger partial charge on any atom is 0.123 e. The first-order valence-corrected chi connectivity index (χ1v) is 9.60. The molecule has 0 aromatic heterocycles. The molecule has 1 N–H and O–H groups in total. The summed E-state index contributed by atoms with van der Waals surface area (Å²) in [6, 6.07) is 15.0. The molecule has 2 nitrogen and oxygen atoms in total. The minimum atomic E-state index is -0.482. The molecule has 2 aromatic carbocycles. The van der Waals surface area contributed by atoms with Crippen molar-refractivity contribution in [2.24, 2.45) is 5.92 Å². The van der Waals surface area contributed by atoms with Gasteiger partial charge in [0.2, 0.25) is 0 Å². The van der Waals surface area contributed by atoms with Crippen molar-refractivity contribution >= 4 is 22.6 Å².